The lowest BCUT2D eigenvalue weighted by atomic mass is 9.49. The topological polar surface area (TPSA) is 98.5 Å². The van der Waals surface area contributed by atoms with Crippen molar-refractivity contribution in [1.29, 1.82) is 0 Å². The van der Waals surface area contributed by atoms with Crippen LogP contribution in [0, 0.1) is 33.3 Å². The summed E-state index contributed by atoms with van der Waals surface area (Å²) in [6.45, 7) is -0.401. The number of carbonyl (C=O) groups excluding carboxylic acids is 2. The maximum Gasteiger partial charge on any atom is 0.306 e. The second-order valence-corrected chi connectivity index (χ2v) is 9.13. The standard InChI is InChI=1S/C20H23ClN2O5/c21-16-2-1-15(6-17(16)23(26)27)22-18(24)11-28-19(25)10-20-7-12-3-13(8-20)5-14(4-12)9-20/h1-2,6,12-14H,3-5,7-11H2,(H,22,24). The quantitative estimate of drug-likeness (QED) is 0.430. The Morgan fingerprint density at radius 2 is 1.79 bits per heavy atom. The molecule has 7 nitrogen and oxygen atoms in total. The fourth-order valence-corrected chi connectivity index (χ4v) is 6.12. The van der Waals surface area contributed by atoms with Crippen molar-refractivity contribution in [1.82, 2.24) is 0 Å². The molecule has 4 fully saturated rings. The average molecular weight is 407 g/mol. The van der Waals surface area contributed by atoms with Crippen molar-refractivity contribution in [2.75, 3.05) is 11.9 Å². The van der Waals surface area contributed by atoms with Gasteiger partial charge in [-0.1, -0.05) is 11.6 Å². The minimum absolute atomic E-state index is 0.00926. The number of anilines is 1. The van der Waals surface area contributed by atoms with Gasteiger partial charge in [0.25, 0.3) is 11.6 Å². The van der Waals surface area contributed by atoms with Crippen LogP contribution in [0.5, 0.6) is 0 Å². The highest BCUT2D eigenvalue weighted by atomic mass is 35.5. The molecule has 1 aromatic carbocycles. The van der Waals surface area contributed by atoms with Crippen molar-refractivity contribution in [2.24, 2.45) is 23.2 Å². The molecule has 0 spiro atoms. The predicted molar refractivity (Wildman–Crippen MR) is 103 cm³/mol. The number of hydrogen-bond acceptors (Lipinski definition) is 5. The first-order valence-electron chi connectivity index (χ1n) is 9.71. The van der Waals surface area contributed by atoms with E-state index in [4.69, 9.17) is 16.3 Å². The highest BCUT2D eigenvalue weighted by Gasteiger charge is 2.51. The highest BCUT2D eigenvalue weighted by molar-refractivity contribution is 6.32. The first-order chi connectivity index (χ1) is 13.3. The van der Waals surface area contributed by atoms with Gasteiger partial charge in [0.05, 0.1) is 11.3 Å². The van der Waals surface area contributed by atoms with Gasteiger partial charge in [0.15, 0.2) is 6.61 Å². The Hall–Kier alpha value is -2.15. The molecule has 0 saturated heterocycles. The highest BCUT2D eigenvalue weighted by Crippen LogP contribution is 2.61. The molecule has 0 radical (unpaired) electrons. The molecule has 4 saturated carbocycles. The van der Waals surface area contributed by atoms with Gasteiger partial charge in [0, 0.05) is 11.8 Å². The normalized spacial score (nSPS) is 30.1. The van der Waals surface area contributed by atoms with E-state index in [1.54, 1.807) is 0 Å². The lowest BCUT2D eigenvalue weighted by molar-refractivity contribution is -0.384. The lowest BCUT2D eigenvalue weighted by Crippen LogP contribution is -2.47. The van der Waals surface area contributed by atoms with Gasteiger partial charge >= 0.3 is 5.97 Å². The minimum atomic E-state index is -0.622. The molecule has 1 N–H and O–H groups in total. The Morgan fingerprint density at radius 1 is 1.18 bits per heavy atom. The van der Waals surface area contributed by atoms with Gasteiger partial charge in [-0.25, -0.2) is 0 Å². The van der Waals surface area contributed by atoms with Crippen molar-refractivity contribution in [2.45, 2.75) is 44.9 Å². The number of rotatable bonds is 6. The summed E-state index contributed by atoms with van der Waals surface area (Å²) < 4.78 is 5.21. The molecular formula is C20H23ClN2O5. The number of hydrogen-bond donors (Lipinski definition) is 1. The zero-order valence-corrected chi connectivity index (χ0v) is 16.2. The number of nitrogens with one attached hydrogen (secondary N) is 1. The lowest BCUT2D eigenvalue weighted by Gasteiger charge is -2.56. The number of nitro benzene ring substituents is 1. The van der Waals surface area contributed by atoms with E-state index in [1.165, 1.54) is 37.5 Å². The van der Waals surface area contributed by atoms with Gasteiger partial charge in [-0.05, 0) is 73.8 Å². The van der Waals surface area contributed by atoms with Gasteiger partial charge in [-0.3, -0.25) is 19.7 Å². The van der Waals surface area contributed by atoms with Gasteiger partial charge in [-0.2, -0.15) is 0 Å². The molecule has 0 unspecified atom stereocenters. The van der Waals surface area contributed by atoms with Crippen molar-refractivity contribution in [3.63, 3.8) is 0 Å². The minimum Gasteiger partial charge on any atom is -0.456 e. The zero-order valence-electron chi connectivity index (χ0n) is 15.5. The second-order valence-electron chi connectivity index (χ2n) is 8.73. The van der Waals surface area contributed by atoms with E-state index in [-0.39, 0.29) is 27.8 Å². The summed E-state index contributed by atoms with van der Waals surface area (Å²) in [5.74, 6) is 1.39. The van der Waals surface area contributed by atoms with Crippen LogP contribution in [0.15, 0.2) is 18.2 Å². The molecule has 5 rings (SSSR count). The summed E-state index contributed by atoms with van der Waals surface area (Å²) >= 11 is 5.75. The van der Waals surface area contributed by atoms with Crippen molar-refractivity contribution in [3.05, 3.63) is 33.3 Å². The van der Waals surface area contributed by atoms with E-state index in [9.17, 15) is 19.7 Å². The van der Waals surface area contributed by atoms with Gasteiger partial charge in [0.1, 0.15) is 5.02 Å². The van der Waals surface area contributed by atoms with E-state index in [0.717, 1.165) is 37.0 Å². The molecule has 0 aromatic heterocycles. The van der Waals surface area contributed by atoms with Crippen LogP contribution < -0.4 is 5.32 Å². The fourth-order valence-electron chi connectivity index (χ4n) is 5.94. The largest absolute Gasteiger partial charge is 0.456 e. The number of carbonyl (C=O) groups is 2. The van der Waals surface area contributed by atoms with Crippen LogP contribution >= 0.6 is 11.6 Å². The van der Waals surface area contributed by atoms with Crippen LogP contribution in [0.2, 0.25) is 5.02 Å². The molecule has 150 valence electrons. The van der Waals surface area contributed by atoms with Crippen LogP contribution in [0.4, 0.5) is 11.4 Å². The van der Waals surface area contributed by atoms with E-state index >= 15 is 0 Å². The summed E-state index contributed by atoms with van der Waals surface area (Å²) in [5, 5.41) is 13.4. The molecule has 0 aliphatic heterocycles. The predicted octanol–water partition coefficient (Wildman–Crippen LogP) is 4.34. The van der Waals surface area contributed by atoms with Gasteiger partial charge in [-0.15, -0.1) is 0 Å². The Bertz CT molecular complexity index is 790. The van der Waals surface area contributed by atoms with Crippen LogP contribution in [-0.4, -0.2) is 23.4 Å². The number of halogens is 1. The molecule has 0 heterocycles. The summed E-state index contributed by atoms with van der Waals surface area (Å²) in [6, 6.07) is 3.98. The summed E-state index contributed by atoms with van der Waals surface area (Å²) in [6.07, 6.45) is 7.63. The van der Waals surface area contributed by atoms with E-state index in [0.29, 0.717) is 6.42 Å². The third kappa shape index (κ3) is 3.99. The van der Waals surface area contributed by atoms with Gasteiger partial charge in [0.2, 0.25) is 0 Å². The number of nitrogens with zero attached hydrogens (tertiary/aromatic N) is 1. The summed E-state index contributed by atoms with van der Waals surface area (Å²) in [5.41, 5.74) is 0.00977. The molecule has 0 atom stereocenters. The Morgan fingerprint density at radius 3 is 2.36 bits per heavy atom. The Labute approximate surface area is 167 Å². The molecule has 4 aliphatic carbocycles. The third-order valence-corrected chi connectivity index (χ3v) is 6.79. The van der Waals surface area contributed by atoms with Crippen LogP contribution in [0.25, 0.3) is 0 Å². The molecule has 4 bridgehead atoms. The number of nitro groups is 1. The maximum absolute atomic E-state index is 12.4. The number of benzene rings is 1. The number of ether oxygens (including phenoxy) is 1. The summed E-state index contributed by atoms with van der Waals surface area (Å²) in [7, 11) is 0. The van der Waals surface area contributed by atoms with Crippen LogP contribution in [0.1, 0.15) is 44.9 Å². The van der Waals surface area contributed by atoms with Crippen molar-refractivity contribution < 1.29 is 19.2 Å². The molecule has 28 heavy (non-hydrogen) atoms. The van der Waals surface area contributed by atoms with Crippen molar-refractivity contribution >= 4 is 34.9 Å². The fraction of sp³-hybridized carbons (Fsp3) is 0.600. The maximum atomic E-state index is 12.4. The molecular weight excluding hydrogens is 384 g/mol. The molecule has 8 heteroatoms. The van der Waals surface area contributed by atoms with E-state index in [2.05, 4.69) is 5.32 Å². The number of amides is 1. The molecule has 4 aliphatic rings. The van der Waals surface area contributed by atoms with Crippen molar-refractivity contribution in [3.8, 4) is 0 Å². The Balaban J connectivity index is 1.29. The van der Waals surface area contributed by atoms with Crippen LogP contribution in [-0.2, 0) is 14.3 Å². The van der Waals surface area contributed by atoms with Crippen LogP contribution in [0.3, 0.4) is 0 Å². The first-order valence-corrected chi connectivity index (χ1v) is 10.1. The smallest absolute Gasteiger partial charge is 0.306 e. The van der Waals surface area contributed by atoms with Gasteiger partial charge < -0.3 is 10.1 Å². The monoisotopic (exact) mass is 406 g/mol. The van der Waals surface area contributed by atoms with E-state index in [1.807, 2.05) is 0 Å². The second kappa shape index (κ2) is 7.35. The van der Waals surface area contributed by atoms with E-state index < -0.39 is 17.4 Å². The molecule has 1 amide bonds. The number of esters is 1. The first kappa shape index (κ1) is 19.2. The zero-order chi connectivity index (χ0) is 19.9. The molecule has 1 aromatic rings. The Kier molecular flexibility index (Phi) is 5.04. The summed E-state index contributed by atoms with van der Waals surface area (Å²) in [4.78, 5) is 34.7. The third-order valence-electron chi connectivity index (χ3n) is 6.48. The SMILES string of the molecule is O=C(COC(=O)CC12CC3CC(CC(C3)C1)C2)Nc1ccc(Cl)c([N+](=O)[O-])c1. The average Bonchev–Trinajstić information content (AvgIpc) is 2.60.